The summed E-state index contributed by atoms with van der Waals surface area (Å²) in [4.78, 5) is 11.4. The maximum Gasteiger partial charge on any atom is 0.335 e. The summed E-state index contributed by atoms with van der Waals surface area (Å²) in [6.07, 6.45) is 1.60. The van der Waals surface area contributed by atoms with Gasteiger partial charge >= 0.3 is 5.97 Å². The van der Waals surface area contributed by atoms with E-state index < -0.39 is 5.97 Å². The van der Waals surface area contributed by atoms with Gasteiger partial charge in [-0.3, -0.25) is 0 Å². The number of ether oxygens (including phenoxy) is 4. The molecule has 0 amide bonds. The minimum atomic E-state index is -0.465. The second-order valence-electron chi connectivity index (χ2n) is 3.35. The maximum atomic E-state index is 11.4. The molecule has 0 radical (unpaired) electrons. The predicted molar refractivity (Wildman–Crippen MR) is 68.4 cm³/mol. The smallest absolute Gasteiger partial charge is 0.335 e. The molecule has 0 aliphatic carbocycles. The van der Waals surface area contributed by atoms with Crippen LogP contribution in [-0.4, -0.2) is 52.2 Å². The molecule has 0 aliphatic rings. The minimum Gasteiger partial charge on any atom is -0.460 e. The van der Waals surface area contributed by atoms with Gasteiger partial charge in [0, 0.05) is 6.61 Å². The Balaban J connectivity index is 3.40. The molecule has 18 heavy (non-hydrogen) atoms. The Morgan fingerprint density at radius 2 is 1.78 bits per heavy atom. The van der Waals surface area contributed by atoms with Gasteiger partial charge in [0.05, 0.1) is 38.6 Å². The molecule has 0 aromatic rings. The fourth-order valence-corrected chi connectivity index (χ4v) is 0.984. The Morgan fingerprint density at radius 3 is 2.44 bits per heavy atom. The largest absolute Gasteiger partial charge is 0.460 e. The van der Waals surface area contributed by atoms with Crippen molar-refractivity contribution in [2.24, 2.45) is 0 Å². The highest BCUT2D eigenvalue weighted by Crippen LogP contribution is 1.96. The van der Waals surface area contributed by atoms with Gasteiger partial charge in [-0.1, -0.05) is 12.7 Å². The third-order valence-electron chi connectivity index (χ3n) is 1.84. The van der Waals surface area contributed by atoms with Gasteiger partial charge in [0.1, 0.15) is 6.61 Å². The highest BCUT2D eigenvalue weighted by atomic mass is 16.6. The molecule has 0 rings (SSSR count). The molecule has 104 valence electrons. The number of carbonyl (C=O) groups is 1. The molecule has 0 aromatic carbocycles. The summed E-state index contributed by atoms with van der Waals surface area (Å²) in [7, 11) is 0. The lowest BCUT2D eigenvalue weighted by atomic mass is 10.3. The van der Waals surface area contributed by atoms with Crippen molar-refractivity contribution in [1.29, 1.82) is 0 Å². The molecular formula is C13H22O5. The van der Waals surface area contributed by atoms with E-state index in [1.54, 1.807) is 6.08 Å². The van der Waals surface area contributed by atoms with Crippen molar-refractivity contribution < 1.29 is 23.7 Å². The van der Waals surface area contributed by atoms with Crippen molar-refractivity contribution in [3.05, 3.63) is 24.8 Å². The van der Waals surface area contributed by atoms with Crippen LogP contribution in [0.15, 0.2) is 24.8 Å². The molecule has 0 N–H and O–H groups in total. The first-order valence-electron chi connectivity index (χ1n) is 5.91. The van der Waals surface area contributed by atoms with Crippen LogP contribution in [0.4, 0.5) is 0 Å². The van der Waals surface area contributed by atoms with Crippen LogP contribution in [0.2, 0.25) is 0 Å². The van der Waals surface area contributed by atoms with E-state index in [1.807, 2.05) is 6.92 Å². The van der Waals surface area contributed by atoms with Crippen molar-refractivity contribution in [2.45, 2.75) is 6.92 Å². The van der Waals surface area contributed by atoms with E-state index in [0.29, 0.717) is 33.0 Å². The van der Waals surface area contributed by atoms with E-state index in [2.05, 4.69) is 13.2 Å². The Bertz CT molecular complexity index is 250. The van der Waals surface area contributed by atoms with Crippen molar-refractivity contribution in [2.75, 3.05) is 46.2 Å². The van der Waals surface area contributed by atoms with Gasteiger partial charge in [-0.2, -0.15) is 0 Å². The Morgan fingerprint density at radius 1 is 1.11 bits per heavy atom. The first kappa shape index (κ1) is 16.8. The molecule has 0 heterocycles. The Kier molecular flexibility index (Phi) is 11.5. The Hall–Kier alpha value is -1.17. The zero-order valence-corrected chi connectivity index (χ0v) is 11.0. The van der Waals surface area contributed by atoms with Gasteiger partial charge in [-0.15, -0.1) is 6.58 Å². The quantitative estimate of drug-likeness (QED) is 0.229. The number of esters is 1. The first-order chi connectivity index (χ1) is 8.72. The van der Waals surface area contributed by atoms with Gasteiger partial charge in [-0.05, 0) is 6.92 Å². The van der Waals surface area contributed by atoms with Crippen LogP contribution in [0.25, 0.3) is 0 Å². The lowest BCUT2D eigenvalue weighted by Gasteiger charge is -2.08. The molecule has 5 nitrogen and oxygen atoms in total. The van der Waals surface area contributed by atoms with E-state index in [-0.39, 0.29) is 18.8 Å². The number of rotatable bonds is 12. The molecule has 0 aliphatic heterocycles. The number of hydrogen-bond acceptors (Lipinski definition) is 5. The van der Waals surface area contributed by atoms with Crippen LogP contribution in [0, 0.1) is 0 Å². The highest BCUT2D eigenvalue weighted by Gasteiger charge is 2.07. The van der Waals surface area contributed by atoms with Crippen molar-refractivity contribution in [3.8, 4) is 0 Å². The lowest BCUT2D eigenvalue weighted by Crippen LogP contribution is -2.16. The summed E-state index contributed by atoms with van der Waals surface area (Å²) in [5.74, 6) is -0.465. The molecule has 0 atom stereocenters. The van der Waals surface area contributed by atoms with Crippen molar-refractivity contribution >= 4 is 5.97 Å². The van der Waals surface area contributed by atoms with E-state index in [4.69, 9.17) is 18.9 Å². The minimum absolute atomic E-state index is 0.149. The van der Waals surface area contributed by atoms with Crippen LogP contribution in [0.3, 0.4) is 0 Å². The molecule has 5 heteroatoms. The first-order valence-corrected chi connectivity index (χ1v) is 5.91. The third kappa shape index (κ3) is 10.0. The molecule has 0 spiro atoms. The SMILES string of the molecule is C=CCOCC(=C)C(=O)OCCOCCOCC. The van der Waals surface area contributed by atoms with Crippen LogP contribution in [0.1, 0.15) is 6.92 Å². The average molecular weight is 258 g/mol. The van der Waals surface area contributed by atoms with Gasteiger partial charge in [-0.25, -0.2) is 4.79 Å². The zero-order chi connectivity index (χ0) is 13.6. The molecule has 0 fully saturated rings. The number of carbonyl (C=O) groups excluding carboxylic acids is 1. The summed E-state index contributed by atoms with van der Waals surface area (Å²) in [5, 5.41) is 0. The van der Waals surface area contributed by atoms with Crippen molar-refractivity contribution in [3.63, 3.8) is 0 Å². The highest BCUT2D eigenvalue weighted by molar-refractivity contribution is 5.87. The molecule has 0 bridgehead atoms. The zero-order valence-electron chi connectivity index (χ0n) is 11.0. The standard InChI is InChI=1S/C13H22O5/c1-4-6-17-11-12(3)13(14)18-10-9-16-8-7-15-5-2/h4H,1,3,5-11H2,2H3. The van der Waals surface area contributed by atoms with Crippen LogP contribution in [-0.2, 0) is 23.7 Å². The molecular weight excluding hydrogens is 236 g/mol. The second-order valence-corrected chi connectivity index (χ2v) is 3.35. The van der Waals surface area contributed by atoms with Gasteiger partial charge < -0.3 is 18.9 Å². The van der Waals surface area contributed by atoms with Gasteiger partial charge in [0.15, 0.2) is 0 Å². The topological polar surface area (TPSA) is 54.0 Å². The Labute approximate surface area is 108 Å². The summed E-state index contributed by atoms with van der Waals surface area (Å²) in [6, 6.07) is 0. The fraction of sp³-hybridized carbons (Fsp3) is 0.615. The van der Waals surface area contributed by atoms with Crippen molar-refractivity contribution in [1.82, 2.24) is 0 Å². The summed E-state index contributed by atoms with van der Waals surface area (Å²) in [6.45, 7) is 11.8. The molecule has 0 saturated carbocycles. The van der Waals surface area contributed by atoms with E-state index in [9.17, 15) is 4.79 Å². The monoisotopic (exact) mass is 258 g/mol. The second kappa shape index (κ2) is 12.3. The van der Waals surface area contributed by atoms with Gasteiger partial charge in [0.2, 0.25) is 0 Å². The molecule has 0 unspecified atom stereocenters. The van der Waals surface area contributed by atoms with Gasteiger partial charge in [0.25, 0.3) is 0 Å². The van der Waals surface area contributed by atoms with Crippen LogP contribution >= 0.6 is 0 Å². The lowest BCUT2D eigenvalue weighted by molar-refractivity contribution is -0.141. The number of hydrogen-bond donors (Lipinski definition) is 0. The summed E-state index contributed by atoms with van der Waals surface area (Å²) >= 11 is 0. The average Bonchev–Trinajstić information content (AvgIpc) is 2.37. The molecule has 0 saturated heterocycles. The normalized spacial score (nSPS) is 10.1. The van der Waals surface area contributed by atoms with E-state index >= 15 is 0 Å². The van der Waals surface area contributed by atoms with E-state index in [0.717, 1.165) is 0 Å². The van der Waals surface area contributed by atoms with Crippen LogP contribution in [0.5, 0.6) is 0 Å². The third-order valence-corrected chi connectivity index (χ3v) is 1.84. The predicted octanol–water partition coefficient (Wildman–Crippen LogP) is 1.34. The molecule has 0 aromatic heterocycles. The van der Waals surface area contributed by atoms with E-state index in [1.165, 1.54) is 0 Å². The summed E-state index contributed by atoms with van der Waals surface area (Å²) in [5.41, 5.74) is 0.283. The van der Waals surface area contributed by atoms with Crippen LogP contribution < -0.4 is 0 Å². The summed E-state index contributed by atoms with van der Waals surface area (Å²) < 4.78 is 20.3. The fourth-order valence-electron chi connectivity index (χ4n) is 0.984. The maximum absolute atomic E-state index is 11.4.